The fourth-order valence-corrected chi connectivity index (χ4v) is 4.00. The number of piperidine rings is 1. The van der Waals surface area contributed by atoms with Gasteiger partial charge in [-0.2, -0.15) is 13.2 Å². The van der Waals surface area contributed by atoms with Crippen LogP contribution in [0.4, 0.5) is 13.2 Å². The summed E-state index contributed by atoms with van der Waals surface area (Å²) in [5.41, 5.74) is 1.38. The highest BCUT2D eigenvalue weighted by Crippen LogP contribution is 2.36. The number of rotatable bonds is 4. The molecule has 0 saturated carbocycles. The summed E-state index contributed by atoms with van der Waals surface area (Å²) in [4.78, 5) is 27.9. The number of amides is 1. The lowest BCUT2D eigenvalue weighted by Crippen LogP contribution is -2.50. The van der Waals surface area contributed by atoms with Gasteiger partial charge in [0.2, 0.25) is 0 Å². The quantitative estimate of drug-likeness (QED) is 0.740. The van der Waals surface area contributed by atoms with E-state index in [1.165, 1.54) is 0 Å². The summed E-state index contributed by atoms with van der Waals surface area (Å²) in [6.45, 7) is 2.50. The summed E-state index contributed by atoms with van der Waals surface area (Å²) in [5.74, 6) is -2.68. The molecule has 33 heavy (non-hydrogen) atoms. The van der Waals surface area contributed by atoms with Gasteiger partial charge in [-0.1, -0.05) is 6.07 Å². The Bertz CT molecular complexity index is 950. The van der Waals surface area contributed by atoms with Crippen molar-refractivity contribution in [1.29, 1.82) is 0 Å². The van der Waals surface area contributed by atoms with Crippen LogP contribution < -0.4 is 0 Å². The van der Waals surface area contributed by atoms with Crippen LogP contribution in [-0.4, -0.2) is 69.0 Å². The molecule has 2 aliphatic rings. The Morgan fingerprint density at radius 2 is 2.06 bits per heavy atom. The molecule has 2 atom stereocenters. The van der Waals surface area contributed by atoms with E-state index < -0.39 is 12.1 Å². The Labute approximate surface area is 188 Å². The van der Waals surface area contributed by atoms with Crippen molar-refractivity contribution < 1.29 is 37.3 Å². The minimum absolute atomic E-state index is 0.0575. The average Bonchev–Trinajstić information content (AvgIpc) is 3.38. The van der Waals surface area contributed by atoms with Gasteiger partial charge in [-0.3, -0.25) is 9.78 Å². The Balaban J connectivity index is 0.000000383. The first kappa shape index (κ1) is 24.7. The van der Waals surface area contributed by atoms with Crippen molar-refractivity contribution in [1.82, 2.24) is 14.5 Å². The van der Waals surface area contributed by atoms with Crippen LogP contribution in [0.2, 0.25) is 0 Å². The third-order valence-corrected chi connectivity index (χ3v) is 5.60. The maximum atomic E-state index is 12.8. The van der Waals surface area contributed by atoms with E-state index in [2.05, 4.69) is 4.98 Å². The molecule has 1 amide bonds. The molecule has 0 aliphatic carbocycles. The number of pyridine rings is 1. The summed E-state index contributed by atoms with van der Waals surface area (Å²) in [6.07, 6.45) is 1.43. The van der Waals surface area contributed by atoms with E-state index in [9.17, 15) is 18.0 Å². The molecule has 11 heteroatoms. The number of aryl methyl sites for hydroxylation is 1. The minimum atomic E-state index is -5.08. The van der Waals surface area contributed by atoms with E-state index in [0.717, 1.165) is 37.2 Å². The fourth-order valence-electron chi connectivity index (χ4n) is 4.00. The maximum absolute atomic E-state index is 12.8. The second-order valence-electron chi connectivity index (χ2n) is 8.09. The third-order valence-electron chi connectivity index (χ3n) is 5.60. The molecule has 1 spiro atoms. The zero-order valence-corrected chi connectivity index (χ0v) is 18.1. The molecule has 180 valence electrons. The molecule has 8 nitrogen and oxygen atoms in total. The molecule has 0 radical (unpaired) electrons. The van der Waals surface area contributed by atoms with Gasteiger partial charge in [-0.15, -0.1) is 0 Å². The molecule has 1 N–H and O–H groups in total. The number of hydrogen-bond donors (Lipinski definition) is 1. The molecule has 0 unspecified atom stereocenters. The van der Waals surface area contributed by atoms with Crippen molar-refractivity contribution in [2.75, 3.05) is 19.7 Å². The van der Waals surface area contributed by atoms with Gasteiger partial charge in [-0.25, -0.2) is 4.79 Å². The second kappa shape index (κ2) is 10.3. The van der Waals surface area contributed by atoms with E-state index in [-0.39, 0.29) is 17.6 Å². The van der Waals surface area contributed by atoms with Crippen LogP contribution in [0.5, 0.6) is 0 Å². The molecule has 2 aromatic rings. The number of aliphatic carboxylic acids is 1. The summed E-state index contributed by atoms with van der Waals surface area (Å²) in [6, 6.07) is 9.61. The van der Waals surface area contributed by atoms with E-state index >= 15 is 0 Å². The summed E-state index contributed by atoms with van der Waals surface area (Å²) >= 11 is 0. The van der Waals surface area contributed by atoms with Crippen LogP contribution in [0.15, 0.2) is 42.7 Å². The first-order valence-corrected chi connectivity index (χ1v) is 10.5. The first-order valence-electron chi connectivity index (χ1n) is 10.5. The highest BCUT2D eigenvalue weighted by molar-refractivity contribution is 5.92. The van der Waals surface area contributed by atoms with Crippen molar-refractivity contribution in [3.05, 3.63) is 54.1 Å². The van der Waals surface area contributed by atoms with E-state index in [1.54, 1.807) is 6.20 Å². The fraction of sp³-hybridized carbons (Fsp3) is 0.500. The van der Waals surface area contributed by atoms with Crippen molar-refractivity contribution in [3.63, 3.8) is 0 Å². The standard InChI is InChI=1S/C20H25N3O3.C2HF3O2/c1-22-10-4-7-18(22)19(24)23-11-5-8-20(15-23)12-17(14-26-20)25-13-16-6-2-3-9-21-16;3-2(4,5)1(6)7/h2-4,6-7,9-10,17H,5,8,11-15H2,1H3;(H,6,7)/t17-,20+;/m1./s1. The topological polar surface area (TPSA) is 93.9 Å². The predicted octanol–water partition coefficient (Wildman–Crippen LogP) is 3.03. The smallest absolute Gasteiger partial charge is 0.475 e. The van der Waals surface area contributed by atoms with E-state index in [0.29, 0.717) is 19.8 Å². The zero-order chi connectivity index (χ0) is 24.1. The SMILES string of the molecule is Cn1cccc1C(=O)N1CCC[C@]2(C[C@@H](OCc3ccccn3)CO2)C1.O=C(O)C(F)(F)F. The van der Waals surface area contributed by atoms with Gasteiger partial charge in [0.15, 0.2) is 0 Å². The van der Waals surface area contributed by atoms with Gasteiger partial charge >= 0.3 is 12.1 Å². The molecule has 2 fully saturated rings. The van der Waals surface area contributed by atoms with Crippen molar-refractivity contribution in [3.8, 4) is 0 Å². The van der Waals surface area contributed by atoms with Crippen LogP contribution in [0.1, 0.15) is 35.4 Å². The number of carbonyl (C=O) groups is 2. The molecule has 0 bridgehead atoms. The van der Waals surface area contributed by atoms with Crippen molar-refractivity contribution >= 4 is 11.9 Å². The monoisotopic (exact) mass is 469 g/mol. The van der Waals surface area contributed by atoms with Gasteiger partial charge < -0.3 is 24.0 Å². The molecular formula is C22H26F3N3O5. The third kappa shape index (κ3) is 6.55. The summed E-state index contributed by atoms with van der Waals surface area (Å²) in [5, 5.41) is 7.12. The zero-order valence-electron chi connectivity index (χ0n) is 18.1. The van der Waals surface area contributed by atoms with Gasteiger partial charge in [0.1, 0.15) is 5.69 Å². The van der Waals surface area contributed by atoms with Crippen LogP contribution in [0.25, 0.3) is 0 Å². The number of carboxylic acids is 1. The molecule has 0 aromatic carbocycles. The summed E-state index contributed by atoms with van der Waals surface area (Å²) in [7, 11) is 1.90. The minimum Gasteiger partial charge on any atom is -0.475 e. The number of nitrogens with zero attached hydrogens (tertiary/aromatic N) is 3. The maximum Gasteiger partial charge on any atom is 0.490 e. The normalized spacial score (nSPS) is 22.7. The number of halogens is 3. The lowest BCUT2D eigenvalue weighted by Gasteiger charge is -2.39. The van der Waals surface area contributed by atoms with Crippen molar-refractivity contribution in [2.24, 2.45) is 7.05 Å². The van der Waals surface area contributed by atoms with Gasteiger partial charge in [-0.05, 0) is 37.1 Å². The number of alkyl halides is 3. The number of carbonyl (C=O) groups excluding carboxylic acids is 1. The van der Waals surface area contributed by atoms with Crippen LogP contribution >= 0.6 is 0 Å². The molecule has 2 saturated heterocycles. The van der Waals surface area contributed by atoms with Gasteiger partial charge in [0, 0.05) is 32.4 Å². The highest BCUT2D eigenvalue weighted by atomic mass is 19.4. The number of aromatic nitrogens is 2. The van der Waals surface area contributed by atoms with Crippen LogP contribution in [-0.2, 0) is 27.9 Å². The van der Waals surface area contributed by atoms with E-state index in [4.69, 9.17) is 19.4 Å². The first-order chi connectivity index (χ1) is 15.6. The van der Waals surface area contributed by atoms with Crippen molar-refractivity contribution in [2.45, 2.75) is 43.8 Å². The lowest BCUT2D eigenvalue weighted by molar-refractivity contribution is -0.192. The molecule has 4 rings (SSSR count). The van der Waals surface area contributed by atoms with Crippen LogP contribution in [0.3, 0.4) is 0 Å². The molecular weight excluding hydrogens is 443 g/mol. The molecule has 2 aromatic heterocycles. The predicted molar refractivity (Wildman–Crippen MR) is 110 cm³/mol. The molecule has 2 aliphatic heterocycles. The number of hydrogen-bond acceptors (Lipinski definition) is 5. The number of ether oxygens (including phenoxy) is 2. The van der Waals surface area contributed by atoms with E-state index in [1.807, 2.05) is 53.0 Å². The number of likely N-dealkylation sites (tertiary alicyclic amines) is 1. The summed E-state index contributed by atoms with van der Waals surface area (Å²) < 4.78 is 45.8. The largest absolute Gasteiger partial charge is 0.490 e. The lowest BCUT2D eigenvalue weighted by atomic mass is 9.89. The Hall–Kier alpha value is -2.92. The average molecular weight is 469 g/mol. The Kier molecular flexibility index (Phi) is 7.75. The molecule has 4 heterocycles. The Morgan fingerprint density at radius 3 is 2.67 bits per heavy atom. The Morgan fingerprint density at radius 1 is 1.30 bits per heavy atom. The highest BCUT2D eigenvalue weighted by Gasteiger charge is 2.45. The van der Waals surface area contributed by atoms with Crippen LogP contribution in [0, 0.1) is 0 Å². The van der Waals surface area contributed by atoms with Gasteiger partial charge in [0.05, 0.1) is 37.2 Å². The number of carboxylic acid groups (broad SMARTS) is 1. The second-order valence-corrected chi connectivity index (χ2v) is 8.09. The van der Waals surface area contributed by atoms with Gasteiger partial charge in [0.25, 0.3) is 5.91 Å².